The number of aromatic carboxylic acids is 1. The van der Waals surface area contributed by atoms with Crippen molar-refractivity contribution in [3.05, 3.63) is 22.2 Å². The number of carboxylic acid groups (broad SMARTS) is 1. The molecule has 0 aromatic carbocycles. The van der Waals surface area contributed by atoms with E-state index in [4.69, 9.17) is 4.74 Å². The number of nitrogens with zero attached hydrogens (tertiary/aromatic N) is 2. The molecule has 1 fully saturated rings. The van der Waals surface area contributed by atoms with Gasteiger partial charge in [0.25, 0.3) is 0 Å². The standard InChI is InChI=1S/C15H21BrN2O3/c1-4-21-15(7-5-14(2,3)6-8-15)13-17-9-10(16)11(18-13)12(19)20/h9H,4-8H2,1-3H3,(H,19,20). The van der Waals surface area contributed by atoms with Crippen LogP contribution in [0.2, 0.25) is 0 Å². The molecule has 0 unspecified atom stereocenters. The monoisotopic (exact) mass is 356 g/mol. The summed E-state index contributed by atoms with van der Waals surface area (Å²) >= 11 is 3.18. The van der Waals surface area contributed by atoms with Crippen LogP contribution in [0, 0.1) is 5.41 Å². The van der Waals surface area contributed by atoms with E-state index < -0.39 is 11.6 Å². The average molecular weight is 357 g/mol. The fourth-order valence-corrected chi connectivity index (χ4v) is 3.14. The maximum absolute atomic E-state index is 11.3. The zero-order chi connectivity index (χ0) is 15.7. The quantitative estimate of drug-likeness (QED) is 0.888. The zero-order valence-electron chi connectivity index (χ0n) is 12.6. The zero-order valence-corrected chi connectivity index (χ0v) is 14.2. The Kier molecular flexibility index (Phi) is 4.68. The van der Waals surface area contributed by atoms with E-state index in [1.807, 2.05) is 6.92 Å². The summed E-state index contributed by atoms with van der Waals surface area (Å²) in [4.78, 5) is 19.8. The van der Waals surface area contributed by atoms with Crippen LogP contribution in [-0.4, -0.2) is 27.7 Å². The lowest BCUT2D eigenvalue weighted by Crippen LogP contribution is -2.39. The Morgan fingerprint density at radius 2 is 2.00 bits per heavy atom. The lowest BCUT2D eigenvalue weighted by atomic mass is 9.70. The van der Waals surface area contributed by atoms with Gasteiger partial charge in [-0.1, -0.05) is 13.8 Å². The smallest absolute Gasteiger partial charge is 0.355 e. The van der Waals surface area contributed by atoms with E-state index in [1.54, 1.807) is 0 Å². The molecule has 0 amide bonds. The van der Waals surface area contributed by atoms with Crippen molar-refractivity contribution in [2.75, 3.05) is 6.61 Å². The van der Waals surface area contributed by atoms with E-state index in [2.05, 4.69) is 39.7 Å². The average Bonchev–Trinajstić information content (AvgIpc) is 2.42. The van der Waals surface area contributed by atoms with Gasteiger partial charge in [0, 0.05) is 12.8 Å². The molecule has 116 valence electrons. The van der Waals surface area contributed by atoms with Gasteiger partial charge in [-0.2, -0.15) is 0 Å². The molecule has 0 spiro atoms. The van der Waals surface area contributed by atoms with Gasteiger partial charge in [0.05, 0.1) is 4.47 Å². The second-order valence-electron chi connectivity index (χ2n) is 6.29. The Hall–Kier alpha value is -1.01. The van der Waals surface area contributed by atoms with E-state index in [0.29, 0.717) is 16.9 Å². The summed E-state index contributed by atoms with van der Waals surface area (Å²) in [5, 5.41) is 9.22. The number of ether oxygens (including phenoxy) is 1. The lowest BCUT2D eigenvalue weighted by molar-refractivity contribution is -0.0949. The first-order valence-corrected chi connectivity index (χ1v) is 7.99. The number of halogens is 1. The van der Waals surface area contributed by atoms with E-state index in [0.717, 1.165) is 25.7 Å². The summed E-state index contributed by atoms with van der Waals surface area (Å²) in [6.07, 6.45) is 5.15. The summed E-state index contributed by atoms with van der Waals surface area (Å²) in [5.74, 6) is -0.575. The molecule has 1 saturated carbocycles. The Balaban J connectivity index is 2.39. The predicted molar refractivity (Wildman–Crippen MR) is 82.2 cm³/mol. The van der Waals surface area contributed by atoms with Crippen LogP contribution in [0.5, 0.6) is 0 Å². The minimum absolute atomic E-state index is 0.0103. The number of carbonyl (C=O) groups is 1. The number of hydrogen-bond donors (Lipinski definition) is 1. The first-order valence-electron chi connectivity index (χ1n) is 7.20. The molecule has 1 aromatic rings. The number of hydrogen-bond acceptors (Lipinski definition) is 4. The van der Waals surface area contributed by atoms with Gasteiger partial charge in [-0.05, 0) is 54.0 Å². The number of carboxylic acids is 1. The molecule has 21 heavy (non-hydrogen) atoms. The topological polar surface area (TPSA) is 72.3 Å². The van der Waals surface area contributed by atoms with Gasteiger partial charge in [0.15, 0.2) is 11.5 Å². The Morgan fingerprint density at radius 3 is 2.52 bits per heavy atom. The fourth-order valence-electron chi connectivity index (χ4n) is 2.78. The second-order valence-corrected chi connectivity index (χ2v) is 7.14. The van der Waals surface area contributed by atoms with Gasteiger partial charge in [0.2, 0.25) is 0 Å². The van der Waals surface area contributed by atoms with Crippen LogP contribution in [0.1, 0.15) is 62.8 Å². The molecule has 0 aliphatic heterocycles. The molecule has 1 heterocycles. The summed E-state index contributed by atoms with van der Waals surface area (Å²) in [6, 6.07) is 0. The second kappa shape index (κ2) is 6.01. The van der Waals surface area contributed by atoms with E-state index in [1.165, 1.54) is 6.20 Å². The minimum atomic E-state index is -1.06. The van der Waals surface area contributed by atoms with Crippen LogP contribution in [0.4, 0.5) is 0 Å². The lowest BCUT2D eigenvalue weighted by Gasteiger charge is -2.42. The van der Waals surface area contributed by atoms with Crippen molar-refractivity contribution >= 4 is 21.9 Å². The minimum Gasteiger partial charge on any atom is -0.476 e. The number of rotatable bonds is 4. The molecule has 0 radical (unpaired) electrons. The van der Waals surface area contributed by atoms with Gasteiger partial charge in [-0.15, -0.1) is 0 Å². The highest BCUT2D eigenvalue weighted by Crippen LogP contribution is 2.46. The number of aromatic nitrogens is 2. The van der Waals surface area contributed by atoms with Crippen molar-refractivity contribution in [2.24, 2.45) is 5.41 Å². The highest BCUT2D eigenvalue weighted by Gasteiger charge is 2.43. The van der Waals surface area contributed by atoms with Crippen LogP contribution in [0.3, 0.4) is 0 Å². The summed E-state index contributed by atoms with van der Waals surface area (Å²) < 4.78 is 6.38. The van der Waals surface area contributed by atoms with Crippen molar-refractivity contribution in [3.63, 3.8) is 0 Å². The summed E-state index contributed by atoms with van der Waals surface area (Å²) in [6.45, 7) is 6.99. The Morgan fingerprint density at radius 1 is 1.38 bits per heavy atom. The predicted octanol–water partition coefficient (Wildman–Crippen LogP) is 3.77. The van der Waals surface area contributed by atoms with Crippen LogP contribution < -0.4 is 0 Å². The molecule has 1 N–H and O–H groups in total. The van der Waals surface area contributed by atoms with Crippen LogP contribution >= 0.6 is 15.9 Å². The molecule has 1 aliphatic rings. The maximum atomic E-state index is 11.3. The molecular weight excluding hydrogens is 336 g/mol. The third-order valence-corrected chi connectivity index (χ3v) is 4.77. The Bertz CT molecular complexity index is 536. The van der Waals surface area contributed by atoms with E-state index in [-0.39, 0.29) is 11.1 Å². The van der Waals surface area contributed by atoms with Crippen molar-refractivity contribution in [1.82, 2.24) is 9.97 Å². The largest absolute Gasteiger partial charge is 0.476 e. The third kappa shape index (κ3) is 3.43. The van der Waals surface area contributed by atoms with Crippen molar-refractivity contribution < 1.29 is 14.6 Å². The van der Waals surface area contributed by atoms with Crippen LogP contribution in [0.15, 0.2) is 10.7 Å². The third-order valence-electron chi connectivity index (χ3n) is 4.19. The van der Waals surface area contributed by atoms with Crippen molar-refractivity contribution in [3.8, 4) is 0 Å². The van der Waals surface area contributed by atoms with Crippen molar-refractivity contribution in [2.45, 2.75) is 52.1 Å². The summed E-state index contributed by atoms with van der Waals surface area (Å²) in [7, 11) is 0. The van der Waals surface area contributed by atoms with Gasteiger partial charge in [-0.25, -0.2) is 14.8 Å². The molecule has 1 aromatic heterocycles. The van der Waals surface area contributed by atoms with Gasteiger partial charge in [0.1, 0.15) is 5.60 Å². The molecular formula is C15H21BrN2O3. The normalized spacial score (nSPS) is 20.2. The van der Waals surface area contributed by atoms with E-state index in [9.17, 15) is 9.90 Å². The van der Waals surface area contributed by atoms with Gasteiger partial charge < -0.3 is 9.84 Å². The highest BCUT2D eigenvalue weighted by atomic mass is 79.9. The van der Waals surface area contributed by atoms with Gasteiger partial charge >= 0.3 is 5.97 Å². The maximum Gasteiger partial charge on any atom is 0.355 e. The molecule has 0 bridgehead atoms. The van der Waals surface area contributed by atoms with E-state index >= 15 is 0 Å². The molecule has 0 saturated heterocycles. The highest BCUT2D eigenvalue weighted by molar-refractivity contribution is 9.10. The first kappa shape index (κ1) is 16.4. The van der Waals surface area contributed by atoms with Crippen LogP contribution in [0.25, 0.3) is 0 Å². The van der Waals surface area contributed by atoms with Crippen LogP contribution in [-0.2, 0) is 10.3 Å². The van der Waals surface area contributed by atoms with Crippen molar-refractivity contribution in [1.29, 1.82) is 0 Å². The fraction of sp³-hybridized carbons (Fsp3) is 0.667. The SMILES string of the molecule is CCOC1(c2ncc(Br)c(C(=O)O)n2)CCC(C)(C)CC1. The molecule has 0 atom stereocenters. The molecule has 5 nitrogen and oxygen atoms in total. The Labute approximate surface area is 133 Å². The first-order chi connectivity index (χ1) is 9.80. The summed E-state index contributed by atoms with van der Waals surface area (Å²) in [5.41, 5.74) is -0.287. The molecule has 6 heteroatoms. The molecule has 1 aliphatic carbocycles. The van der Waals surface area contributed by atoms with Gasteiger partial charge in [-0.3, -0.25) is 0 Å². The molecule has 2 rings (SSSR count).